The fraction of sp³-hybridized carbons (Fsp3) is 0.308. The van der Waals surface area contributed by atoms with Crippen LogP contribution in [0.2, 0.25) is 0 Å². The van der Waals surface area contributed by atoms with Gasteiger partial charge in [-0.15, -0.1) is 0 Å². The minimum atomic E-state index is 0.486. The highest BCUT2D eigenvalue weighted by atomic mass is 79.9. The third kappa shape index (κ3) is 3.49. The van der Waals surface area contributed by atoms with Gasteiger partial charge in [0, 0.05) is 23.6 Å². The molecular weight excluding hydrogens is 266 g/mol. The minimum absolute atomic E-state index is 0.486. The number of alkyl halides is 1. The van der Waals surface area contributed by atoms with Crippen molar-refractivity contribution in [1.29, 1.82) is 0 Å². The van der Waals surface area contributed by atoms with Crippen molar-refractivity contribution >= 4 is 15.9 Å². The van der Waals surface area contributed by atoms with Crippen molar-refractivity contribution in [3.63, 3.8) is 0 Å². The van der Waals surface area contributed by atoms with Gasteiger partial charge in [-0.2, -0.15) is 0 Å². The molecule has 2 nitrogen and oxygen atoms in total. The van der Waals surface area contributed by atoms with E-state index >= 15 is 0 Å². The molecule has 0 fully saturated rings. The molecule has 0 spiro atoms. The van der Waals surface area contributed by atoms with Crippen LogP contribution < -0.4 is 0 Å². The lowest BCUT2D eigenvalue weighted by atomic mass is 10.1. The summed E-state index contributed by atoms with van der Waals surface area (Å²) >= 11 is 3.70. The molecule has 1 unspecified atom stereocenters. The van der Waals surface area contributed by atoms with E-state index in [4.69, 9.17) is 4.42 Å². The van der Waals surface area contributed by atoms with Crippen molar-refractivity contribution in [3.05, 3.63) is 54.2 Å². The van der Waals surface area contributed by atoms with Crippen molar-refractivity contribution in [2.24, 2.45) is 0 Å². The highest BCUT2D eigenvalue weighted by Gasteiger charge is 2.06. The van der Waals surface area contributed by atoms with E-state index < -0.39 is 0 Å². The van der Waals surface area contributed by atoms with Gasteiger partial charge in [0.05, 0.1) is 6.26 Å². The SMILES string of the molecule is BrC(CCc1ccco1)Cc1ccncc1. The molecule has 0 amide bonds. The Balaban J connectivity index is 1.78. The van der Waals surface area contributed by atoms with Crippen molar-refractivity contribution < 1.29 is 4.42 Å². The summed E-state index contributed by atoms with van der Waals surface area (Å²) < 4.78 is 5.30. The van der Waals surface area contributed by atoms with Crippen LogP contribution in [0.25, 0.3) is 0 Å². The number of hydrogen-bond donors (Lipinski definition) is 0. The summed E-state index contributed by atoms with van der Waals surface area (Å²) in [5, 5.41) is 0. The predicted molar refractivity (Wildman–Crippen MR) is 67.7 cm³/mol. The van der Waals surface area contributed by atoms with E-state index in [1.807, 2.05) is 24.5 Å². The molecule has 2 heterocycles. The molecule has 0 radical (unpaired) electrons. The first-order chi connectivity index (χ1) is 7.84. The Hall–Kier alpha value is -1.09. The third-order valence-corrected chi connectivity index (χ3v) is 3.27. The molecule has 84 valence electrons. The molecular formula is C13H14BrNO. The fourth-order valence-electron chi connectivity index (χ4n) is 1.63. The molecule has 0 aliphatic heterocycles. The summed E-state index contributed by atoms with van der Waals surface area (Å²) in [6.07, 6.45) is 8.48. The van der Waals surface area contributed by atoms with Crippen molar-refractivity contribution in [3.8, 4) is 0 Å². The van der Waals surface area contributed by atoms with Gasteiger partial charge in [-0.05, 0) is 42.7 Å². The first-order valence-corrected chi connectivity index (χ1v) is 6.31. The van der Waals surface area contributed by atoms with Gasteiger partial charge in [-0.3, -0.25) is 4.98 Å². The van der Waals surface area contributed by atoms with Gasteiger partial charge in [0.2, 0.25) is 0 Å². The summed E-state index contributed by atoms with van der Waals surface area (Å²) in [5.74, 6) is 1.05. The second kappa shape index (κ2) is 5.85. The van der Waals surface area contributed by atoms with E-state index in [1.54, 1.807) is 6.26 Å². The van der Waals surface area contributed by atoms with E-state index in [2.05, 4.69) is 33.0 Å². The van der Waals surface area contributed by atoms with Crippen LogP contribution in [0.1, 0.15) is 17.7 Å². The lowest BCUT2D eigenvalue weighted by Crippen LogP contribution is -2.04. The number of aromatic nitrogens is 1. The Kier molecular flexibility index (Phi) is 4.17. The van der Waals surface area contributed by atoms with E-state index in [1.165, 1.54) is 5.56 Å². The molecule has 2 aromatic rings. The molecule has 3 heteroatoms. The Morgan fingerprint density at radius 2 is 2.06 bits per heavy atom. The standard InChI is InChI=1S/C13H14BrNO/c14-12(3-4-13-2-1-9-16-13)10-11-5-7-15-8-6-11/h1-2,5-9,12H,3-4,10H2. The van der Waals surface area contributed by atoms with Crippen LogP contribution >= 0.6 is 15.9 Å². The zero-order valence-electron chi connectivity index (χ0n) is 8.97. The number of halogens is 1. The molecule has 0 aliphatic rings. The largest absolute Gasteiger partial charge is 0.469 e. The lowest BCUT2D eigenvalue weighted by molar-refractivity contribution is 0.500. The Morgan fingerprint density at radius 3 is 2.75 bits per heavy atom. The second-order valence-corrected chi connectivity index (χ2v) is 5.07. The predicted octanol–water partition coefficient (Wildman–Crippen LogP) is 3.61. The molecule has 2 rings (SSSR count). The summed E-state index contributed by atoms with van der Waals surface area (Å²) in [4.78, 5) is 4.50. The van der Waals surface area contributed by atoms with E-state index in [0.29, 0.717) is 4.83 Å². The van der Waals surface area contributed by atoms with Gasteiger partial charge in [-0.1, -0.05) is 15.9 Å². The van der Waals surface area contributed by atoms with E-state index in [-0.39, 0.29) is 0 Å². The van der Waals surface area contributed by atoms with Crippen LogP contribution in [0.3, 0.4) is 0 Å². The average Bonchev–Trinajstić information content (AvgIpc) is 2.81. The van der Waals surface area contributed by atoms with E-state index in [0.717, 1.165) is 25.0 Å². The number of furan rings is 1. The maximum absolute atomic E-state index is 5.30. The topological polar surface area (TPSA) is 26.0 Å². The first-order valence-electron chi connectivity index (χ1n) is 5.40. The Labute approximate surface area is 104 Å². The average molecular weight is 280 g/mol. The molecule has 0 bridgehead atoms. The third-order valence-electron chi connectivity index (χ3n) is 2.49. The van der Waals surface area contributed by atoms with Gasteiger partial charge in [0.25, 0.3) is 0 Å². The quantitative estimate of drug-likeness (QED) is 0.782. The molecule has 1 atom stereocenters. The molecule has 16 heavy (non-hydrogen) atoms. The van der Waals surface area contributed by atoms with Crippen LogP contribution in [-0.2, 0) is 12.8 Å². The number of hydrogen-bond acceptors (Lipinski definition) is 2. The van der Waals surface area contributed by atoms with Crippen LogP contribution in [0, 0.1) is 0 Å². The van der Waals surface area contributed by atoms with E-state index in [9.17, 15) is 0 Å². The van der Waals surface area contributed by atoms with Crippen molar-refractivity contribution in [2.75, 3.05) is 0 Å². The van der Waals surface area contributed by atoms with Crippen molar-refractivity contribution in [1.82, 2.24) is 4.98 Å². The molecule has 0 aromatic carbocycles. The maximum Gasteiger partial charge on any atom is 0.103 e. The summed E-state index contributed by atoms with van der Waals surface area (Å²) in [6, 6.07) is 8.07. The number of pyridine rings is 1. The molecule has 0 saturated carbocycles. The number of rotatable bonds is 5. The molecule has 0 aliphatic carbocycles. The molecule has 0 N–H and O–H groups in total. The molecule has 0 saturated heterocycles. The fourth-order valence-corrected chi connectivity index (χ4v) is 2.23. The first kappa shape index (κ1) is 11.4. The van der Waals surface area contributed by atoms with Gasteiger partial charge < -0.3 is 4.42 Å². The van der Waals surface area contributed by atoms with Gasteiger partial charge in [-0.25, -0.2) is 0 Å². The Bertz CT molecular complexity index is 399. The van der Waals surface area contributed by atoms with Crippen LogP contribution in [-0.4, -0.2) is 9.81 Å². The highest BCUT2D eigenvalue weighted by Crippen LogP contribution is 2.16. The van der Waals surface area contributed by atoms with Crippen LogP contribution in [0.15, 0.2) is 47.3 Å². The zero-order valence-corrected chi connectivity index (χ0v) is 10.6. The summed E-state index contributed by atoms with van der Waals surface area (Å²) in [6.45, 7) is 0. The monoisotopic (exact) mass is 279 g/mol. The summed E-state index contributed by atoms with van der Waals surface area (Å²) in [7, 11) is 0. The van der Waals surface area contributed by atoms with Gasteiger partial charge in [0.1, 0.15) is 5.76 Å². The van der Waals surface area contributed by atoms with Crippen LogP contribution in [0.4, 0.5) is 0 Å². The maximum atomic E-state index is 5.30. The number of nitrogens with zero attached hydrogens (tertiary/aromatic N) is 1. The van der Waals surface area contributed by atoms with Gasteiger partial charge >= 0.3 is 0 Å². The summed E-state index contributed by atoms with van der Waals surface area (Å²) in [5.41, 5.74) is 1.32. The second-order valence-electron chi connectivity index (χ2n) is 3.77. The smallest absolute Gasteiger partial charge is 0.103 e. The normalized spacial score (nSPS) is 12.6. The van der Waals surface area contributed by atoms with Gasteiger partial charge in [0.15, 0.2) is 0 Å². The highest BCUT2D eigenvalue weighted by molar-refractivity contribution is 9.09. The van der Waals surface area contributed by atoms with Crippen molar-refractivity contribution in [2.45, 2.75) is 24.1 Å². The zero-order chi connectivity index (χ0) is 11.2. The molecule has 2 aromatic heterocycles. The number of aryl methyl sites for hydroxylation is 1. The minimum Gasteiger partial charge on any atom is -0.469 e. The van der Waals surface area contributed by atoms with Crippen LogP contribution in [0.5, 0.6) is 0 Å². The lowest BCUT2D eigenvalue weighted by Gasteiger charge is -2.08. The Morgan fingerprint density at radius 1 is 1.25 bits per heavy atom.